The van der Waals surface area contributed by atoms with E-state index in [1.807, 2.05) is 25.7 Å². The molecule has 1 aliphatic rings. The molecular formula is C16H22N4O2S. The van der Waals surface area contributed by atoms with Crippen molar-refractivity contribution < 1.29 is 4.79 Å². The zero-order valence-corrected chi connectivity index (χ0v) is 14.6. The van der Waals surface area contributed by atoms with Crippen LogP contribution >= 0.6 is 11.3 Å². The summed E-state index contributed by atoms with van der Waals surface area (Å²) in [5.41, 5.74) is 0.748. The Bertz CT molecular complexity index is 802. The first-order valence-electron chi connectivity index (χ1n) is 8.05. The van der Waals surface area contributed by atoms with E-state index in [9.17, 15) is 9.59 Å². The fraction of sp³-hybridized carbons (Fsp3) is 0.562. The van der Waals surface area contributed by atoms with Crippen LogP contribution in [-0.4, -0.2) is 46.5 Å². The highest BCUT2D eigenvalue weighted by molar-refractivity contribution is 7.20. The Morgan fingerprint density at radius 2 is 2.00 bits per heavy atom. The number of carbonyl (C=O) groups excluding carboxylic acids is 1. The van der Waals surface area contributed by atoms with Crippen molar-refractivity contribution in [3.63, 3.8) is 0 Å². The molecule has 23 heavy (non-hydrogen) atoms. The molecule has 2 aromatic heterocycles. The summed E-state index contributed by atoms with van der Waals surface area (Å²) in [7, 11) is 0. The Labute approximate surface area is 139 Å². The smallest absolute Gasteiger partial charge is 0.264 e. The summed E-state index contributed by atoms with van der Waals surface area (Å²) in [6.07, 6.45) is 0.879. The van der Waals surface area contributed by atoms with E-state index in [4.69, 9.17) is 0 Å². The molecule has 6 nitrogen and oxygen atoms in total. The lowest BCUT2D eigenvalue weighted by Crippen LogP contribution is -2.46. The molecule has 0 spiro atoms. The number of aryl methyl sites for hydroxylation is 2. The monoisotopic (exact) mass is 334 g/mol. The molecule has 1 fully saturated rings. The molecule has 2 aromatic rings. The third kappa shape index (κ3) is 2.79. The fourth-order valence-electron chi connectivity index (χ4n) is 3.02. The maximum Gasteiger partial charge on any atom is 0.264 e. The number of hydrogen-bond donors (Lipinski definition) is 1. The molecule has 0 aliphatic carbocycles. The molecule has 1 aliphatic heterocycles. The van der Waals surface area contributed by atoms with Gasteiger partial charge in [0.05, 0.1) is 10.3 Å². The van der Waals surface area contributed by atoms with Crippen molar-refractivity contribution in [2.45, 2.75) is 33.7 Å². The van der Waals surface area contributed by atoms with Crippen LogP contribution in [0.4, 0.5) is 0 Å². The quantitative estimate of drug-likeness (QED) is 0.924. The predicted molar refractivity (Wildman–Crippen MR) is 92.4 cm³/mol. The van der Waals surface area contributed by atoms with Gasteiger partial charge in [-0.25, -0.2) is 4.98 Å². The number of fused-ring (bicyclic) bond motifs is 1. The van der Waals surface area contributed by atoms with Crippen LogP contribution < -0.4 is 10.9 Å². The average Bonchev–Trinajstić information content (AvgIpc) is 2.88. The van der Waals surface area contributed by atoms with Crippen molar-refractivity contribution in [1.29, 1.82) is 0 Å². The second-order valence-corrected chi connectivity index (χ2v) is 6.89. The molecule has 0 saturated carbocycles. The molecule has 0 aromatic carbocycles. The molecule has 3 rings (SSSR count). The Morgan fingerprint density at radius 3 is 2.65 bits per heavy atom. The second kappa shape index (κ2) is 6.41. The van der Waals surface area contributed by atoms with Gasteiger partial charge in [0.1, 0.15) is 10.7 Å². The summed E-state index contributed by atoms with van der Waals surface area (Å²) < 4.78 is 1.71. The molecule has 1 saturated heterocycles. The number of aromatic nitrogens is 2. The van der Waals surface area contributed by atoms with E-state index < -0.39 is 0 Å². The summed E-state index contributed by atoms with van der Waals surface area (Å²) in [6, 6.07) is 0. The first-order chi connectivity index (χ1) is 11.0. The van der Waals surface area contributed by atoms with Gasteiger partial charge in [-0.2, -0.15) is 0 Å². The van der Waals surface area contributed by atoms with E-state index in [0.717, 1.165) is 25.1 Å². The molecule has 1 amide bonds. The molecule has 0 atom stereocenters. The van der Waals surface area contributed by atoms with Crippen LogP contribution in [0.15, 0.2) is 4.79 Å². The minimum absolute atomic E-state index is 0.0195. The highest BCUT2D eigenvalue weighted by atomic mass is 32.1. The number of thiophene rings is 1. The molecule has 0 radical (unpaired) electrons. The summed E-state index contributed by atoms with van der Waals surface area (Å²) in [4.78, 5) is 33.3. The first-order valence-corrected chi connectivity index (χ1v) is 8.86. The topological polar surface area (TPSA) is 67.2 Å². The summed E-state index contributed by atoms with van der Waals surface area (Å²) in [5, 5.41) is 3.85. The summed E-state index contributed by atoms with van der Waals surface area (Å²) in [6.45, 7) is 9.46. The maximum atomic E-state index is 12.8. The van der Waals surface area contributed by atoms with Crippen molar-refractivity contribution >= 4 is 27.5 Å². The van der Waals surface area contributed by atoms with Gasteiger partial charge in [-0.1, -0.05) is 6.92 Å². The van der Waals surface area contributed by atoms with Gasteiger partial charge in [-0.3, -0.25) is 14.2 Å². The number of nitrogens with one attached hydrogen (secondary N) is 1. The zero-order chi connectivity index (χ0) is 16.6. The number of rotatable bonds is 3. The summed E-state index contributed by atoms with van der Waals surface area (Å²) >= 11 is 1.34. The number of piperazine rings is 1. The van der Waals surface area contributed by atoms with Crippen LogP contribution in [0.1, 0.15) is 34.4 Å². The van der Waals surface area contributed by atoms with E-state index >= 15 is 0 Å². The molecule has 3 heterocycles. The van der Waals surface area contributed by atoms with E-state index in [0.29, 0.717) is 40.6 Å². The fourth-order valence-corrected chi connectivity index (χ4v) is 4.21. The van der Waals surface area contributed by atoms with E-state index in [1.165, 1.54) is 11.3 Å². The highest BCUT2D eigenvalue weighted by Crippen LogP contribution is 2.28. The van der Waals surface area contributed by atoms with Gasteiger partial charge in [0, 0.05) is 32.7 Å². The van der Waals surface area contributed by atoms with Crippen molar-refractivity contribution in [3.05, 3.63) is 26.6 Å². The van der Waals surface area contributed by atoms with Crippen molar-refractivity contribution in [1.82, 2.24) is 19.8 Å². The van der Waals surface area contributed by atoms with E-state index in [1.54, 1.807) is 4.57 Å². The van der Waals surface area contributed by atoms with Crippen LogP contribution in [0.2, 0.25) is 0 Å². The average molecular weight is 334 g/mol. The number of carbonyl (C=O) groups is 1. The molecule has 7 heteroatoms. The van der Waals surface area contributed by atoms with Gasteiger partial charge in [0.15, 0.2) is 0 Å². The second-order valence-electron chi connectivity index (χ2n) is 5.89. The zero-order valence-electron chi connectivity index (χ0n) is 13.8. The normalized spacial score (nSPS) is 15.3. The third-order valence-corrected chi connectivity index (χ3v) is 5.46. The minimum atomic E-state index is -0.0255. The SMILES string of the molecule is CCCn1c(C)nc2sc(C(=O)N3CCNCC3)c(C)c2c1=O. The van der Waals surface area contributed by atoms with Crippen LogP contribution in [0, 0.1) is 13.8 Å². The van der Waals surface area contributed by atoms with Gasteiger partial charge >= 0.3 is 0 Å². The van der Waals surface area contributed by atoms with Gasteiger partial charge < -0.3 is 10.2 Å². The third-order valence-electron chi connectivity index (χ3n) is 4.29. The van der Waals surface area contributed by atoms with Crippen LogP contribution in [-0.2, 0) is 6.54 Å². The molecule has 0 bridgehead atoms. The lowest BCUT2D eigenvalue weighted by molar-refractivity contribution is 0.0740. The minimum Gasteiger partial charge on any atom is -0.335 e. The molecular weight excluding hydrogens is 312 g/mol. The molecule has 1 N–H and O–H groups in total. The van der Waals surface area contributed by atoms with Crippen molar-refractivity contribution in [2.24, 2.45) is 0 Å². The summed E-state index contributed by atoms with van der Waals surface area (Å²) in [5.74, 6) is 0.734. The van der Waals surface area contributed by atoms with E-state index in [2.05, 4.69) is 10.3 Å². The lowest BCUT2D eigenvalue weighted by Gasteiger charge is -2.27. The van der Waals surface area contributed by atoms with Crippen molar-refractivity contribution in [2.75, 3.05) is 26.2 Å². The maximum absolute atomic E-state index is 12.8. The lowest BCUT2D eigenvalue weighted by atomic mass is 10.2. The first kappa shape index (κ1) is 16.1. The van der Waals surface area contributed by atoms with E-state index in [-0.39, 0.29) is 11.5 Å². The Kier molecular flexibility index (Phi) is 4.50. The standard InChI is InChI=1S/C16H22N4O2S/c1-4-7-20-11(3)18-14-12(15(20)21)10(2)13(23-14)16(22)19-8-5-17-6-9-19/h17H,4-9H2,1-3H3. The molecule has 0 unspecified atom stereocenters. The van der Waals surface area contributed by atoms with Crippen LogP contribution in [0.25, 0.3) is 10.2 Å². The van der Waals surface area contributed by atoms with Crippen LogP contribution in [0.3, 0.4) is 0 Å². The predicted octanol–water partition coefficient (Wildman–Crippen LogP) is 1.53. The Hall–Kier alpha value is -1.73. The van der Waals surface area contributed by atoms with Gasteiger partial charge in [-0.15, -0.1) is 11.3 Å². The Balaban J connectivity index is 2.09. The van der Waals surface area contributed by atoms with Crippen LogP contribution in [0.5, 0.6) is 0 Å². The highest BCUT2D eigenvalue weighted by Gasteiger charge is 2.25. The number of amides is 1. The van der Waals surface area contributed by atoms with Gasteiger partial charge in [0.25, 0.3) is 11.5 Å². The largest absolute Gasteiger partial charge is 0.335 e. The Morgan fingerprint density at radius 1 is 1.30 bits per heavy atom. The molecule has 124 valence electrons. The number of hydrogen-bond acceptors (Lipinski definition) is 5. The van der Waals surface area contributed by atoms with Gasteiger partial charge in [-0.05, 0) is 25.8 Å². The van der Waals surface area contributed by atoms with Gasteiger partial charge in [0.2, 0.25) is 0 Å². The number of nitrogens with zero attached hydrogens (tertiary/aromatic N) is 3. The van der Waals surface area contributed by atoms with Crippen molar-refractivity contribution in [3.8, 4) is 0 Å².